The average Bonchev–Trinajstić information content (AvgIpc) is 2.15. The molecule has 1 aliphatic rings. The maximum atomic E-state index is 10.8. The molecule has 4 N–H and O–H groups in total. The lowest BCUT2D eigenvalue weighted by molar-refractivity contribution is -0.141. The van der Waals surface area contributed by atoms with E-state index < -0.39 is 19.1 Å². The molecule has 6 heteroatoms. The van der Waals surface area contributed by atoms with Gasteiger partial charge in [0.1, 0.15) is 6.04 Å². The minimum absolute atomic E-state index is 0.0167. The number of piperidine rings is 1. The van der Waals surface area contributed by atoms with Crippen LogP contribution in [0.4, 0.5) is 0 Å². The lowest BCUT2D eigenvalue weighted by atomic mass is 9.77. The number of carboxylic acid groups (broad SMARTS) is 1. The van der Waals surface area contributed by atoms with Crippen LogP contribution in [-0.4, -0.2) is 40.8 Å². The van der Waals surface area contributed by atoms with Crippen LogP contribution in [-0.2, 0) is 4.79 Å². The number of carbonyl (C=O) groups is 1. The van der Waals surface area contributed by atoms with Crippen molar-refractivity contribution >= 4 is 13.1 Å². The van der Waals surface area contributed by atoms with E-state index in [9.17, 15) is 4.79 Å². The third kappa shape index (κ3) is 3.28. The first-order valence-corrected chi connectivity index (χ1v) is 4.93. The molecular formula is C8H16BNO4. The zero-order chi connectivity index (χ0) is 10.6. The highest BCUT2D eigenvalue weighted by atomic mass is 16.4. The summed E-state index contributed by atoms with van der Waals surface area (Å²) in [6, 6.07) is -0.525. The molecule has 0 amide bonds. The number of hydrogen-bond acceptors (Lipinski definition) is 4. The molecule has 1 heterocycles. The topological polar surface area (TPSA) is 89.8 Å². The first-order chi connectivity index (χ1) is 6.61. The summed E-state index contributed by atoms with van der Waals surface area (Å²) in [5.41, 5.74) is 0. The molecule has 0 aromatic carbocycles. The molecule has 0 unspecified atom stereocenters. The maximum absolute atomic E-state index is 10.8. The fraction of sp³-hybridized carbons (Fsp3) is 0.875. The van der Waals surface area contributed by atoms with Crippen LogP contribution in [0.5, 0.6) is 0 Å². The third-order valence-corrected chi connectivity index (χ3v) is 2.65. The van der Waals surface area contributed by atoms with Crippen molar-refractivity contribution in [3.05, 3.63) is 0 Å². The Kier molecular flexibility index (Phi) is 4.38. The van der Waals surface area contributed by atoms with Crippen molar-refractivity contribution < 1.29 is 19.9 Å². The fourth-order valence-corrected chi connectivity index (χ4v) is 1.92. The van der Waals surface area contributed by atoms with E-state index in [4.69, 9.17) is 15.2 Å². The Hall–Kier alpha value is -0.585. The van der Waals surface area contributed by atoms with Crippen LogP contribution in [0.2, 0.25) is 6.32 Å². The van der Waals surface area contributed by atoms with E-state index in [1.54, 1.807) is 0 Å². The van der Waals surface area contributed by atoms with Gasteiger partial charge < -0.3 is 20.5 Å². The SMILES string of the molecule is O=C(O)[C@H]1NCCC[C@H]1CCB(O)O. The molecule has 5 nitrogen and oxygen atoms in total. The molecule has 0 aromatic rings. The normalized spacial score (nSPS) is 27.3. The first-order valence-electron chi connectivity index (χ1n) is 4.93. The van der Waals surface area contributed by atoms with Crippen molar-refractivity contribution in [2.45, 2.75) is 31.6 Å². The summed E-state index contributed by atoms with van der Waals surface area (Å²) >= 11 is 0. The molecule has 1 fully saturated rings. The highest BCUT2D eigenvalue weighted by Crippen LogP contribution is 2.22. The predicted molar refractivity (Wildman–Crippen MR) is 51.8 cm³/mol. The van der Waals surface area contributed by atoms with Crippen molar-refractivity contribution in [1.82, 2.24) is 5.32 Å². The number of carboxylic acids is 1. The van der Waals surface area contributed by atoms with Gasteiger partial charge in [0.05, 0.1) is 0 Å². The summed E-state index contributed by atoms with van der Waals surface area (Å²) in [6.07, 6.45) is 2.59. The Labute approximate surface area is 83.3 Å². The molecule has 0 aliphatic carbocycles. The standard InChI is InChI=1S/C8H16BNO4/c11-8(12)7-6(2-1-5-10-7)3-4-9(13)14/h6-7,10,13-14H,1-5H2,(H,11,12)/t6-,7-/m0/s1. The summed E-state index contributed by atoms with van der Waals surface area (Å²) in [6.45, 7) is 0.731. The van der Waals surface area contributed by atoms with E-state index in [0.29, 0.717) is 6.42 Å². The maximum Gasteiger partial charge on any atom is 0.451 e. The van der Waals surface area contributed by atoms with Crippen LogP contribution in [0.1, 0.15) is 19.3 Å². The minimum Gasteiger partial charge on any atom is -0.480 e. The second-order valence-corrected chi connectivity index (χ2v) is 3.73. The van der Waals surface area contributed by atoms with Crippen LogP contribution in [0, 0.1) is 5.92 Å². The van der Waals surface area contributed by atoms with Crippen LogP contribution in [0.15, 0.2) is 0 Å². The van der Waals surface area contributed by atoms with Gasteiger partial charge in [-0.25, -0.2) is 0 Å². The molecule has 0 saturated carbocycles. The number of aliphatic carboxylic acids is 1. The quantitative estimate of drug-likeness (QED) is 0.451. The van der Waals surface area contributed by atoms with Crippen molar-refractivity contribution in [1.29, 1.82) is 0 Å². The van der Waals surface area contributed by atoms with E-state index in [-0.39, 0.29) is 12.2 Å². The van der Waals surface area contributed by atoms with Crippen LogP contribution in [0.3, 0.4) is 0 Å². The summed E-state index contributed by atoms with van der Waals surface area (Å²) in [7, 11) is -1.33. The lowest BCUT2D eigenvalue weighted by Gasteiger charge is -2.29. The van der Waals surface area contributed by atoms with Gasteiger partial charge in [-0.15, -0.1) is 0 Å². The highest BCUT2D eigenvalue weighted by molar-refractivity contribution is 6.40. The van der Waals surface area contributed by atoms with Gasteiger partial charge in [-0.2, -0.15) is 0 Å². The largest absolute Gasteiger partial charge is 0.480 e. The van der Waals surface area contributed by atoms with E-state index in [0.717, 1.165) is 19.4 Å². The Morgan fingerprint density at radius 3 is 2.79 bits per heavy atom. The molecule has 0 bridgehead atoms. The molecule has 1 saturated heterocycles. The third-order valence-electron chi connectivity index (χ3n) is 2.65. The minimum atomic E-state index is -1.33. The highest BCUT2D eigenvalue weighted by Gasteiger charge is 2.30. The summed E-state index contributed by atoms with van der Waals surface area (Å²) in [5.74, 6) is -0.829. The molecule has 14 heavy (non-hydrogen) atoms. The molecule has 80 valence electrons. The second-order valence-electron chi connectivity index (χ2n) is 3.73. The van der Waals surface area contributed by atoms with Gasteiger partial charge in [0.2, 0.25) is 0 Å². The van der Waals surface area contributed by atoms with Crippen LogP contribution >= 0.6 is 0 Å². The summed E-state index contributed by atoms with van der Waals surface area (Å²) < 4.78 is 0. The average molecular weight is 201 g/mol. The van der Waals surface area contributed by atoms with Gasteiger partial charge in [-0.05, 0) is 38.0 Å². The van der Waals surface area contributed by atoms with E-state index in [1.807, 2.05) is 0 Å². The van der Waals surface area contributed by atoms with E-state index >= 15 is 0 Å². The van der Waals surface area contributed by atoms with Crippen molar-refractivity contribution in [2.24, 2.45) is 5.92 Å². The van der Waals surface area contributed by atoms with Gasteiger partial charge in [0.25, 0.3) is 0 Å². The monoisotopic (exact) mass is 201 g/mol. The second kappa shape index (κ2) is 5.33. The Bertz CT molecular complexity index is 200. The Balaban J connectivity index is 2.42. The Morgan fingerprint density at radius 1 is 1.50 bits per heavy atom. The van der Waals surface area contributed by atoms with Crippen LogP contribution in [0.25, 0.3) is 0 Å². The molecule has 0 radical (unpaired) electrons. The smallest absolute Gasteiger partial charge is 0.451 e. The van der Waals surface area contributed by atoms with Crippen molar-refractivity contribution in [3.63, 3.8) is 0 Å². The number of nitrogens with one attached hydrogen (secondary N) is 1. The summed E-state index contributed by atoms with van der Waals surface area (Å²) in [5, 5.41) is 29.2. The molecular weight excluding hydrogens is 185 g/mol. The lowest BCUT2D eigenvalue weighted by Crippen LogP contribution is -2.47. The van der Waals surface area contributed by atoms with Gasteiger partial charge in [0.15, 0.2) is 0 Å². The molecule has 0 spiro atoms. The zero-order valence-electron chi connectivity index (χ0n) is 8.02. The first kappa shape index (κ1) is 11.5. The number of rotatable bonds is 4. The fourth-order valence-electron chi connectivity index (χ4n) is 1.92. The van der Waals surface area contributed by atoms with Crippen molar-refractivity contribution in [2.75, 3.05) is 6.54 Å². The van der Waals surface area contributed by atoms with Gasteiger partial charge >= 0.3 is 13.1 Å². The molecule has 0 aromatic heterocycles. The Morgan fingerprint density at radius 2 is 2.21 bits per heavy atom. The molecule has 2 atom stereocenters. The van der Waals surface area contributed by atoms with E-state index in [2.05, 4.69) is 5.32 Å². The van der Waals surface area contributed by atoms with Gasteiger partial charge in [-0.3, -0.25) is 4.79 Å². The predicted octanol–water partition coefficient (Wildman–Crippen LogP) is -0.698. The van der Waals surface area contributed by atoms with Gasteiger partial charge in [-0.1, -0.05) is 0 Å². The van der Waals surface area contributed by atoms with Crippen molar-refractivity contribution in [3.8, 4) is 0 Å². The summed E-state index contributed by atoms with van der Waals surface area (Å²) in [4.78, 5) is 10.8. The van der Waals surface area contributed by atoms with Gasteiger partial charge in [0, 0.05) is 0 Å². The van der Waals surface area contributed by atoms with E-state index in [1.165, 1.54) is 0 Å². The van der Waals surface area contributed by atoms with Crippen LogP contribution < -0.4 is 5.32 Å². The molecule has 1 aliphatic heterocycles. The zero-order valence-corrected chi connectivity index (χ0v) is 8.02. The number of hydrogen-bond donors (Lipinski definition) is 4. The molecule has 1 rings (SSSR count).